The van der Waals surface area contributed by atoms with Crippen molar-refractivity contribution in [2.75, 3.05) is 26.2 Å². The average molecular weight is 289 g/mol. The molecule has 2 N–H and O–H groups in total. The van der Waals surface area contributed by atoms with Crippen LogP contribution in [0, 0.1) is 0 Å². The molecular formula is C11H19N3O4S. The normalized spacial score (nSPS) is 24.6. The summed E-state index contributed by atoms with van der Waals surface area (Å²) in [5, 5.41) is 4.27. The van der Waals surface area contributed by atoms with Gasteiger partial charge in [-0.1, -0.05) is 0 Å². The van der Waals surface area contributed by atoms with Crippen molar-refractivity contribution in [3.8, 4) is 0 Å². The zero-order chi connectivity index (χ0) is 14.0. The third-order valence-electron chi connectivity index (χ3n) is 3.67. The predicted octanol–water partition coefficient (Wildman–Crippen LogP) is -1.11. The van der Waals surface area contributed by atoms with Gasteiger partial charge in [-0.25, -0.2) is 13.6 Å². The maximum absolute atomic E-state index is 11.6. The highest BCUT2D eigenvalue weighted by molar-refractivity contribution is 7.89. The lowest BCUT2D eigenvalue weighted by Crippen LogP contribution is -2.34. The molecule has 8 heteroatoms. The molecule has 0 aromatic carbocycles. The molecule has 2 rings (SSSR count). The lowest BCUT2D eigenvalue weighted by Gasteiger charge is -2.19. The summed E-state index contributed by atoms with van der Waals surface area (Å²) in [6.07, 6.45) is 2.15. The van der Waals surface area contributed by atoms with Crippen LogP contribution in [-0.2, 0) is 19.6 Å². The van der Waals surface area contributed by atoms with Gasteiger partial charge in [0.2, 0.25) is 21.8 Å². The SMILES string of the molecule is NS(=O)(=O)C1CC(=O)N(CCCN2CCCC2=O)C1. The van der Waals surface area contributed by atoms with E-state index in [1.54, 1.807) is 4.90 Å². The van der Waals surface area contributed by atoms with Gasteiger partial charge in [0.25, 0.3) is 0 Å². The van der Waals surface area contributed by atoms with Gasteiger partial charge in [-0.2, -0.15) is 0 Å². The summed E-state index contributed by atoms with van der Waals surface area (Å²) >= 11 is 0. The Kier molecular flexibility index (Phi) is 4.10. The second-order valence-electron chi connectivity index (χ2n) is 5.09. The molecule has 0 aromatic rings. The first kappa shape index (κ1) is 14.3. The van der Waals surface area contributed by atoms with E-state index in [2.05, 4.69) is 0 Å². The zero-order valence-corrected chi connectivity index (χ0v) is 11.6. The van der Waals surface area contributed by atoms with Gasteiger partial charge < -0.3 is 9.80 Å². The van der Waals surface area contributed by atoms with Gasteiger partial charge >= 0.3 is 0 Å². The van der Waals surface area contributed by atoms with E-state index in [9.17, 15) is 18.0 Å². The highest BCUT2D eigenvalue weighted by Gasteiger charge is 2.36. The molecule has 1 atom stereocenters. The summed E-state index contributed by atoms with van der Waals surface area (Å²) in [7, 11) is -3.64. The summed E-state index contributed by atoms with van der Waals surface area (Å²) < 4.78 is 22.4. The van der Waals surface area contributed by atoms with Crippen molar-refractivity contribution in [1.29, 1.82) is 0 Å². The van der Waals surface area contributed by atoms with Gasteiger partial charge in [-0.15, -0.1) is 0 Å². The molecular weight excluding hydrogens is 270 g/mol. The van der Waals surface area contributed by atoms with Crippen LogP contribution in [0.15, 0.2) is 0 Å². The Balaban J connectivity index is 1.77. The Hall–Kier alpha value is -1.15. The molecule has 0 spiro atoms. The van der Waals surface area contributed by atoms with Crippen molar-refractivity contribution < 1.29 is 18.0 Å². The quantitative estimate of drug-likeness (QED) is 0.693. The fourth-order valence-corrected chi connectivity index (χ4v) is 3.33. The van der Waals surface area contributed by atoms with Crippen LogP contribution >= 0.6 is 0 Å². The Morgan fingerprint density at radius 1 is 1.16 bits per heavy atom. The van der Waals surface area contributed by atoms with Gasteiger partial charge in [-0.05, 0) is 12.8 Å². The average Bonchev–Trinajstić information content (AvgIpc) is 2.86. The van der Waals surface area contributed by atoms with Crippen molar-refractivity contribution in [3.05, 3.63) is 0 Å². The van der Waals surface area contributed by atoms with E-state index in [-0.39, 0.29) is 24.8 Å². The molecule has 2 heterocycles. The first-order chi connectivity index (χ1) is 8.88. The predicted molar refractivity (Wildman–Crippen MR) is 68.5 cm³/mol. The molecule has 1 unspecified atom stereocenters. The lowest BCUT2D eigenvalue weighted by atomic mass is 10.3. The van der Waals surface area contributed by atoms with E-state index in [1.807, 2.05) is 0 Å². The molecule has 2 aliphatic rings. The van der Waals surface area contributed by atoms with Crippen LogP contribution in [0.2, 0.25) is 0 Å². The number of carbonyl (C=O) groups excluding carboxylic acids is 2. The van der Waals surface area contributed by atoms with Gasteiger partial charge in [0.05, 0.1) is 0 Å². The topological polar surface area (TPSA) is 101 Å². The van der Waals surface area contributed by atoms with Crippen LogP contribution in [0.3, 0.4) is 0 Å². The minimum atomic E-state index is -3.64. The molecule has 2 fully saturated rings. The summed E-state index contributed by atoms with van der Waals surface area (Å²) in [5.41, 5.74) is 0. The third kappa shape index (κ3) is 3.44. The van der Waals surface area contributed by atoms with E-state index in [0.29, 0.717) is 25.9 Å². The second-order valence-corrected chi connectivity index (χ2v) is 6.94. The molecule has 0 saturated carbocycles. The maximum Gasteiger partial charge on any atom is 0.224 e. The number of likely N-dealkylation sites (tertiary alicyclic amines) is 2. The van der Waals surface area contributed by atoms with Crippen molar-refractivity contribution in [2.24, 2.45) is 5.14 Å². The van der Waals surface area contributed by atoms with E-state index >= 15 is 0 Å². The minimum Gasteiger partial charge on any atom is -0.343 e. The Morgan fingerprint density at radius 3 is 2.37 bits per heavy atom. The Bertz CT molecular complexity index is 476. The van der Waals surface area contributed by atoms with Crippen LogP contribution in [0.4, 0.5) is 0 Å². The summed E-state index contributed by atoms with van der Waals surface area (Å²) in [4.78, 5) is 26.4. The number of hydrogen-bond donors (Lipinski definition) is 1. The third-order valence-corrected chi connectivity index (χ3v) is 4.92. The standard InChI is InChI=1S/C11H19N3O4S/c12-19(17,18)9-7-11(16)14(8-9)6-2-5-13-4-1-3-10(13)15/h9H,1-8H2,(H2,12,17,18). The second kappa shape index (κ2) is 5.46. The number of primary sulfonamides is 1. The first-order valence-electron chi connectivity index (χ1n) is 6.45. The number of hydrogen-bond acceptors (Lipinski definition) is 4. The van der Waals surface area contributed by atoms with Gasteiger partial charge in [0, 0.05) is 39.0 Å². The van der Waals surface area contributed by atoms with E-state index in [0.717, 1.165) is 13.0 Å². The zero-order valence-electron chi connectivity index (χ0n) is 10.7. The fraction of sp³-hybridized carbons (Fsp3) is 0.818. The van der Waals surface area contributed by atoms with E-state index in [4.69, 9.17) is 5.14 Å². The van der Waals surface area contributed by atoms with Gasteiger partial charge in [0.15, 0.2) is 0 Å². The Morgan fingerprint density at radius 2 is 1.84 bits per heavy atom. The van der Waals surface area contributed by atoms with E-state index < -0.39 is 15.3 Å². The lowest BCUT2D eigenvalue weighted by molar-refractivity contribution is -0.128. The molecule has 0 bridgehead atoms. The molecule has 0 radical (unpaired) electrons. The van der Waals surface area contributed by atoms with Crippen LogP contribution in [0.1, 0.15) is 25.7 Å². The maximum atomic E-state index is 11.6. The molecule has 108 valence electrons. The van der Waals surface area contributed by atoms with Crippen LogP contribution in [0.25, 0.3) is 0 Å². The molecule has 0 aromatic heterocycles. The summed E-state index contributed by atoms with van der Waals surface area (Å²) in [6, 6.07) is 0. The number of carbonyl (C=O) groups is 2. The number of nitrogens with two attached hydrogens (primary N) is 1. The van der Waals surface area contributed by atoms with Crippen LogP contribution in [-0.4, -0.2) is 61.5 Å². The number of amides is 2. The first-order valence-corrected chi connectivity index (χ1v) is 8.06. The molecule has 7 nitrogen and oxygen atoms in total. The Labute approximate surface area is 112 Å². The molecule has 2 aliphatic heterocycles. The molecule has 0 aliphatic carbocycles. The monoisotopic (exact) mass is 289 g/mol. The van der Waals surface area contributed by atoms with Crippen molar-refractivity contribution in [3.63, 3.8) is 0 Å². The highest BCUT2D eigenvalue weighted by Crippen LogP contribution is 2.17. The number of rotatable bonds is 5. The smallest absolute Gasteiger partial charge is 0.224 e. The minimum absolute atomic E-state index is 0.0263. The van der Waals surface area contributed by atoms with Gasteiger partial charge in [-0.3, -0.25) is 9.59 Å². The van der Waals surface area contributed by atoms with Crippen molar-refractivity contribution in [2.45, 2.75) is 30.9 Å². The highest BCUT2D eigenvalue weighted by atomic mass is 32.2. The molecule has 2 amide bonds. The largest absolute Gasteiger partial charge is 0.343 e. The molecule has 19 heavy (non-hydrogen) atoms. The summed E-state index contributed by atoms with van der Waals surface area (Å²) in [6.45, 7) is 2.06. The fourth-order valence-electron chi connectivity index (χ4n) is 2.56. The van der Waals surface area contributed by atoms with E-state index in [1.165, 1.54) is 4.90 Å². The van der Waals surface area contributed by atoms with Crippen LogP contribution < -0.4 is 5.14 Å². The van der Waals surface area contributed by atoms with Crippen molar-refractivity contribution in [1.82, 2.24) is 9.80 Å². The molecule has 2 saturated heterocycles. The summed E-state index contributed by atoms with van der Waals surface area (Å²) in [5.74, 6) is -0.0121. The van der Waals surface area contributed by atoms with Crippen molar-refractivity contribution >= 4 is 21.8 Å². The van der Waals surface area contributed by atoms with Gasteiger partial charge in [0.1, 0.15) is 5.25 Å². The number of nitrogens with zero attached hydrogens (tertiary/aromatic N) is 2. The van der Waals surface area contributed by atoms with Crippen LogP contribution in [0.5, 0.6) is 0 Å². The number of sulfonamides is 1.